The molecule has 7 atom stereocenters. The van der Waals surface area contributed by atoms with Gasteiger partial charge in [0.05, 0.1) is 30.8 Å². The van der Waals surface area contributed by atoms with Crippen LogP contribution in [0, 0.1) is 31.6 Å². The summed E-state index contributed by atoms with van der Waals surface area (Å²) in [6, 6.07) is 13.8. The summed E-state index contributed by atoms with van der Waals surface area (Å²) >= 11 is 0. The van der Waals surface area contributed by atoms with Gasteiger partial charge in [-0.15, -0.1) is 13.2 Å². The number of carbonyl (C=O) groups is 3. The third-order valence-corrected chi connectivity index (χ3v) is 10.4. The zero-order valence-corrected chi connectivity index (χ0v) is 27.6. The van der Waals surface area contributed by atoms with Crippen molar-refractivity contribution < 1.29 is 29.0 Å². The number of amides is 2. The van der Waals surface area contributed by atoms with Crippen molar-refractivity contribution >= 4 is 23.5 Å². The van der Waals surface area contributed by atoms with Crippen LogP contribution in [0.2, 0.25) is 0 Å². The Balaban J connectivity index is 1.60. The van der Waals surface area contributed by atoms with E-state index in [9.17, 15) is 14.7 Å². The molecule has 0 radical (unpaired) electrons. The maximum absolute atomic E-state index is 15.1. The topological polar surface area (TPSA) is 96.4 Å². The standard InChI is InChI=1S/C38H48N2O6/c1-7-9-10-14-20-45-36(44)32-31-34(42)40(29(24-41)22-28-15-12-11-13-16-28)33(38(31)23-27(5)37(32,6)46-38)35(43)39(19-8-2)30-21-25(3)17-18-26(30)4/h7-8,11-13,15-18,21,27,29,31-33,41H,1-2,9-10,14,19-20,22-24H2,3-6H3/t27?,29-,31+,32+,33?,37-,38?/m1/s1. The van der Waals surface area contributed by atoms with Crippen LogP contribution in [-0.4, -0.2) is 70.8 Å². The van der Waals surface area contributed by atoms with Gasteiger partial charge in [0.2, 0.25) is 5.91 Å². The second kappa shape index (κ2) is 13.5. The number of benzene rings is 2. The number of ether oxygens (including phenoxy) is 2. The number of unbranched alkanes of at least 4 members (excludes halogenated alkanes) is 2. The van der Waals surface area contributed by atoms with Crippen LogP contribution in [0.1, 0.15) is 56.2 Å². The lowest BCUT2D eigenvalue weighted by molar-refractivity contribution is -0.162. The van der Waals surface area contributed by atoms with E-state index in [0.717, 1.165) is 35.2 Å². The molecule has 3 aliphatic rings. The molecule has 0 aliphatic carbocycles. The normalized spacial score (nSPS) is 28.5. The van der Waals surface area contributed by atoms with Gasteiger partial charge in [0, 0.05) is 12.2 Å². The number of fused-ring (bicyclic) bond motifs is 1. The number of carbonyl (C=O) groups excluding carboxylic acids is 3. The first kappa shape index (κ1) is 33.6. The van der Waals surface area contributed by atoms with E-state index < -0.39 is 41.1 Å². The average molecular weight is 629 g/mol. The average Bonchev–Trinajstić information content (AvgIpc) is 3.56. The van der Waals surface area contributed by atoms with Crippen molar-refractivity contribution in [3.05, 3.63) is 90.5 Å². The summed E-state index contributed by atoms with van der Waals surface area (Å²) in [5.41, 5.74) is 1.29. The van der Waals surface area contributed by atoms with Crippen LogP contribution in [0.15, 0.2) is 73.8 Å². The summed E-state index contributed by atoms with van der Waals surface area (Å²) in [5.74, 6) is -3.06. The summed E-state index contributed by atoms with van der Waals surface area (Å²) in [6.07, 6.45) is 6.63. The van der Waals surface area contributed by atoms with Gasteiger partial charge >= 0.3 is 5.97 Å². The van der Waals surface area contributed by atoms with E-state index in [4.69, 9.17) is 9.47 Å². The SMILES string of the molecule is C=CCCCCOC(=O)[C@@H]1[C@H]2C(=O)N([C@@H](CO)Cc3ccccc3)C(C(=O)N(CC=C)c3cc(C)ccc3C)C23CC(C)[C@@]1(C)O3. The Kier molecular flexibility index (Phi) is 9.89. The number of likely N-dealkylation sites (tertiary alicyclic amines) is 1. The molecule has 46 heavy (non-hydrogen) atoms. The van der Waals surface area contributed by atoms with Gasteiger partial charge in [-0.25, -0.2) is 0 Å². The highest BCUT2D eigenvalue weighted by molar-refractivity contribution is 6.05. The summed E-state index contributed by atoms with van der Waals surface area (Å²) in [4.78, 5) is 47.1. The fourth-order valence-electron chi connectivity index (χ4n) is 8.09. The quantitative estimate of drug-likeness (QED) is 0.173. The van der Waals surface area contributed by atoms with Crippen LogP contribution in [0.5, 0.6) is 0 Å². The van der Waals surface area contributed by atoms with E-state index in [0.29, 0.717) is 19.3 Å². The summed E-state index contributed by atoms with van der Waals surface area (Å²) in [5, 5.41) is 10.8. The molecule has 3 fully saturated rings. The van der Waals surface area contributed by atoms with Gasteiger partial charge in [0.15, 0.2) is 0 Å². The Morgan fingerprint density at radius 2 is 1.89 bits per heavy atom. The van der Waals surface area contributed by atoms with Gasteiger partial charge in [0.1, 0.15) is 17.6 Å². The second-order valence-corrected chi connectivity index (χ2v) is 13.5. The molecule has 246 valence electrons. The third kappa shape index (κ3) is 5.71. The van der Waals surface area contributed by atoms with E-state index in [1.807, 2.05) is 82.3 Å². The van der Waals surface area contributed by atoms with Crippen molar-refractivity contribution in [1.29, 1.82) is 0 Å². The van der Waals surface area contributed by atoms with Crippen LogP contribution in [-0.2, 0) is 30.3 Å². The molecule has 2 aromatic carbocycles. The summed E-state index contributed by atoms with van der Waals surface area (Å²) in [7, 11) is 0. The second-order valence-electron chi connectivity index (χ2n) is 13.5. The minimum absolute atomic E-state index is 0.125. The first-order valence-corrected chi connectivity index (χ1v) is 16.5. The molecule has 3 saturated heterocycles. The van der Waals surface area contributed by atoms with E-state index in [1.165, 1.54) is 0 Å². The van der Waals surface area contributed by atoms with Crippen LogP contribution < -0.4 is 4.90 Å². The minimum Gasteiger partial charge on any atom is -0.465 e. The number of aliphatic hydroxyl groups excluding tert-OH is 1. The van der Waals surface area contributed by atoms with Crippen molar-refractivity contribution in [3.63, 3.8) is 0 Å². The molecule has 3 aliphatic heterocycles. The molecular formula is C38H48N2O6. The maximum Gasteiger partial charge on any atom is 0.312 e. The van der Waals surface area contributed by atoms with Gasteiger partial charge < -0.3 is 24.4 Å². The molecule has 8 nitrogen and oxygen atoms in total. The number of esters is 1. The molecule has 1 spiro atoms. The molecular weight excluding hydrogens is 580 g/mol. The minimum atomic E-state index is -1.27. The van der Waals surface area contributed by atoms with Crippen LogP contribution in [0.3, 0.4) is 0 Å². The zero-order valence-electron chi connectivity index (χ0n) is 27.6. The molecule has 5 rings (SSSR count). The summed E-state index contributed by atoms with van der Waals surface area (Å²) < 4.78 is 12.7. The molecule has 3 heterocycles. The number of allylic oxidation sites excluding steroid dienone is 1. The number of nitrogens with zero attached hydrogens (tertiary/aromatic N) is 2. The van der Waals surface area contributed by atoms with Gasteiger partial charge in [-0.3, -0.25) is 14.4 Å². The lowest BCUT2D eigenvalue weighted by Gasteiger charge is -2.40. The zero-order chi connectivity index (χ0) is 33.2. The van der Waals surface area contributed by atoms with Gasteiger partial charge in [-0.1, -0.05) is 61.5 Å². The van der Waals surface area contributed by atoms with E-state index in [1.54, 1.807) is 15.9 Å². The van der Waals surface area contributed by atoms with Gasteiger partial charge in [-0.2, -0.15) is 0 Å². The number of hydrogen-bond donors (Lipinski definition) is 1. The van der Waals surface area contributed by atoms with Crippen molar-refractivity contribution in [2.75, 3.05) is 24.7 Å². The van der Waals surface area contributed by atoms with Crippen LogP contribution >= 0.6 is 0 Å². The first-order chi connectivity index (χ1) is 22.0. The lowest BCUT2D eigenvalue weighted by atomic mass is 9.62. The van der Waals surface area contributed by atoms with E-state index in [2.05, 4.69) is 13.2 Å². The molecule has 2 bridgehead atoms. The molecule has 8 heteroatoms. The molecule has 2 aromatic rings. The predicted octanol–water partition coefficient (Wildman–Crippen LogP) is 5.34. The maximum atomic E-state index is 15.1. The molecule has 1 N–H and O–H groups in total. The Hall–Kier alpha value is -3.75. The van der Waals surface area contributed by atoms with E-state index >= 15 is 4.79 Å². The van der Waals surface area contributed by atoms with Gasteiger partial charge in [-0.05, 0) is 81.5 Å². The Morgan fingerprint density at radius 1 is 1.15 bits per heavy atom. The molecule has 3 unspecified atom stereocenters. The molecule has 0 aromatic heterocycles. The highest BCUT2D eigenvalue weighted by atomic mass is 16.6. The highest BCUT2D eigenvalue weighted by Crippen LogP contribution is 2.65. The van der Waals surface area contributed by atoms with Gasteiger partial charge in [0.25, 0.3) is 5.91 Å². The molecule has 0 saturated carbocycles. The monoisotopic (exact) mass is 628 g/mol. The number of aryl methyl sites for hydroxylation is 2. The van der Waals surface area contributed by atoms with Crippen LogP contribution in [0.4, 0.5) is 5.69 Å². The third-order valence-electron chi connectivity index (χ3n) is 10.4. The smallest absolute Gasteiger partial charge is 0.312 e. The van der Waals surface area contributed by atoms with E-state index in [-0.39, 0.29) is 37.5 Å². The predicted molar refractivity (Wildman–Crippen MR) is 178 cm³/mol. The largest absolute Gasteiger partial charge is 0.465 e. The number of aliphatic hydroxyl groups is 1. The van der Waals surface area contributed by atoms with Crippen LogP contribution in [0.25, 0.3) is 0 Å². The fourth-order valence-corrected chi connectivity index (χ4v) is 8.09. The fraction of sp³-hybridized carbons (Fsp3) is 0.500. The number of rotatable bonds is 14. The number of anilines is 1. The highest BCUT2D eigenvalue weighted by Gasteiger charge is 2.80. The van der Waals surface area contributed by atoms with Crippen molar-refractivity contribution in [2.24, 2.45) is 17.8 Å². The Labute approximate surface area is 273 Å². The number of hydrogen-bond acceptors (Lipinski definition) is 6. The first-order valence-electron chi connectivity index (χ1n) is 16.5. The van der Waals surface area contributed by atoms with Crippen molar-refractivity contribution in [3.8, 4) is 0 Å². The Bertz CT molecular complexity index is 1470. The Morgan fingerprint density at radius 3 is 2.57 bits per heavy atom. The lowest BCUT2D eigenvalue weighted by Crippen LogP contribution is -2.59. The summed E-state index contributed by atoms with van der Waals surface area (Å²) in [6.45, 7) is 15.6. The van der Waals surface area contributed by atoms with Crippen molar-refractivity contribution in [2.45, 2.75) is 83.1 Å². The van der Waals surface area contributed by atoms with Crippen molar-refractivity contribution in [1.82, 2.24) is 4.90 Å². The molecule has 2 amide bonds.